The molecule has 2 N–H and O–H groups in total. The van der Waals surface area contributed by atoms with Crippen LogP contribution < -0.4 is 14.8 Å². The van der Waals surface area contributed by atoms with Gasteiger partial charge in [-0.3, -0.25) is 9.52 Å². The van der Waals surface area contributed by atoms with E-state index < -0.39 is 10.0 Å². The number of hydrogen-bond donors (Lipinski definition) is 2. The molecule has 0 radical (unpaired) electrons. The molecule has 0 bridgehead atoms. The molecule has 0 unspecified atom stereocenters. The zero-order valence-electron chi connectivity index (χ0n) is 15.2. The Kier molecular flexibility index (Phi) is 5.20. The number of carbonyl (C=O) groups is 1. The highest BCUT2D eigenvalue weighted by Gasteiger charge is 2.20. The average Bonchev–Trinajstić information content (AvgIpc) is 3.02. The molecule has 0 atom stereocenters. The summed E-state index contributed by atoms with van der Waals surface area (Å²) in [6.07, 6.45) is 0. The highest BCUT2D eigenvalue weighted by Crippen LogP contribution is 2.36. The van der Waals surface area contributed by atoms with Gasteiger partial charge in [-0.1, -0.05) is 23.7 Å². The van der Waals surface area contributed by atoms with Crippen molar-refractivity contribution in [2.24, 2.45) is 0 Å². The fourth-order valence-electron chi connectivity index (χ4n) is 2.91. The van der Waals surface area contributed by atoms with Crippen LogP contribution in [0.5, 0.6) is 5.75 Å². The number of nitrogens with one attached hydrogen (secondary N) is 2. The molecule has 150 valence electrons. The number of sulfonamides is 1. The molecule has 0 aliphatic carbocycles. The number of anilines is 2. The first-order valence-corrected chi connectivity index (χ1v) is 11.4. The summed E-state index contributed by atoms with van der Waals surface area (Å²) in [6.45, 7) is 1.85. The van der Waals surface area contributed by atoms with E-state index in [1.165, 1.54) is 11.3 Å². The summed E-state index contributed by atoms with van der Waals surface area (Å²) in [6, 6.07) is 12.0. The predicted molar refractivity (Wildman–Crippen MR) is 114 cm³/mol. The molecule has 1 aliphatic rings. The summed E-state index contributed by atoms with van der Waals surface area (Å²) in [5.41, 5.74) is 2.59. The van der Waals surface area contributed by atoms with Gasteiger partial charge in [-0.05, 0) is 42.8 Å². The molecule has 0 spiro atoms. The number of aryl methyl sites for hydroxylation is 1. The second-order valence-electron chi connectivity index (χ2n) is 6.46. The van der Waals surface area contributed by atoms with E-state index in [9.17, 15) is 13.2 Å². The van der Waals surface area contributed by atoms with Crippen molar-refractivity contribution in [3.63, 3.8) is 0 Å². The zero-order valence-corrected chi connectivity index (χ0v) is 17.6. The van der Waals surface area contributed by atoms with Gasteiger partial charge in [0.15, 0.2) is 11.7 Å². The molecule has 0 saturated heterocycles. The Morgan fingerprint density at radius 1 is 1.24 bits per heavy atom. The summed E-state index contributed by atoms with van der Waals surface area (Å²) in [5, 5.41) is 3.59. The van der Waals surface area contributed by atoms with E-state index in [2.05, 4.69) is 15.0 Å². The van der Waals surface area contributed by atoms with E-state index in [-0.39, 0.29) is 23.4 Å². The average molecular weight is 450 g/mol. The van der Waals surface area contributed by atoms with Crippen molar-refractivity contribution in [2.75, 3.05) is 16.6 Å². The lowest BCUT2D eigenvalue weighted by Crippen LogP contribution is -2.25. The highest BCUT2D eigenvalue weighted by atomic mass is 35.5. The van der Waals surface area contributed by atoms with Crippen LogP contribution in [0.4, 0.5) is 10.8 Å². The smallest absolute Gasteiger partial charge is 0.262 e. The molecule has 7 nitrogen and oxygen atoms in total. The van der Waals surface area contributed by atoms with E-state index in [4.69, 9.17) is 16.3 Å². The SMILES string of the molecule is Cc1sc(NS(=O)(=O)Cc2ccc(Cl)cc2)nc1-c1ccc2c(c1)NC(=O)CO2. The van der Waals surface area contributed by atoms with Crippen molar-refractivity contribution >= 4 is 49.7 Å². The lowest BCUT2D eigenvalue weighted by molar-refractivity contribution is -0.118. The Labute approximate surface area is 176 Å². The number of amides is 1. The van der Waals surface area contributed by atoms with Crippen LogP contribution in [0.3, 0.4) is 0 Å². The van der Waals surface area contributed by atoms with Crippen LogP contribution in [-0.4, -0.2) is 25.9 Å². The third kappa shape index (κ3) is 4.52. The lowest BCUT2D eigenvalue weighted by atomic mass is 10.1. The number of halogens is 1. The monoisotopic (exact) mass is 449 g/mol. The molecule has 4 rings (SSSR count). The normalized spacial score (nSPS) is 13.4. The molecule has 29 heavy (non-hydrogen) atoms. The first kappa shape index (κ1) is 19.7. The molecule has 2 heterocycles. The van der Waals surface area contributed by atoms with Crippen molar-refractivity contribution in [1.29, 1.82) is 0 Å². The molecule has 1 amide bonds. The Bertz CT molecular complexity index is 1190. The van der Waals surface area contributed by atoms with Crippen LogP contribution in [0.1, 0.15) is 10.4 Å². The van der Waals surface area contributed by atoms with E-state index in [1.807, 2.05) is 13.0 Å². The Morgan fingerprint density at radius 3 is 2.76 bits per heavy atom. The summed E-state index contributed by atoms with van der Waals surface area (Å²) >= 11 is 7.08. The van der Waals surface area contributed by atoms with E-state index in [0.29, 0.717) is 27.7 Å². The molecule has 0 saturated carbocycles. The molecular formula is C19H16ClN3O4S2. The number of hydrogen-bond acceptors (Lipinski definition) is 6. The number of fused-ring (bicyclic) bond motifs is 1. The van der Waals surface area contributed by atoms with Gasteiger partial charge < -0.3 is 10.1 Å². The Morgan fingerprint density at radius 2 is 2.00 bits per heavy atom. The molecule has 1 aromatic heterocycles. The standard InChI is InChI=1S/C19H16ClN3O4S2/c1-11-18(13-4-7-16-15(8-13)21-17(24)9-27-16)22-19(28-11)23-29(25,26)10-12-2-5-14(20)6-3-12/h2-8H,9-10H2,1H3,(H,21,24)(H,22,23). The minimum Gasteiger partial charge on any atom is -0.482 e. The fraction of sp³-hybridized carbons (Fsp3) is 0.158. The van der Waals surface area contributed by atoms with Crippen LogP contribution in [0, 0.1) is 6.92 Å². The maximum absolute atomic E-state index is 12.5. The number of ether oxygens (including phenoxy) is 1. The van der Waals surface area contributed by atoms with Crippen LogP contribution in [-0.2, 0) is 20.6 Å². The molecular weight excluding hydrogens is 434 g/mol. The summed E-state index contributed by atoms with van der Waals surface area (Å²) in [4.78, 5) is 16.8. The van der Waals surface area contributed by atoms with Crippen LogP contribution >= 0.6 is 22.9 Å². The summed E-state index contributed by atoms with van der Waals surface area (Å²) in [5.74, 6) is 0.186. The lowest BCUT2D eigenvalue weighted by Gasteiger charge is -2.18. The third-order valence-corrected chi connectivity index (χ3v) is 6.68. The van der Waals surface area contributed by atoms with Gasteiger partial charge in [-0.2, -0.15) is 0 Å². The maximum Gasteiger partial charge on any atom is 0.262 e. The molecule has 2 aromatic carbocycles. The molecule has 3 aromatic rings. The molecule has 0 fully saturated rings. The first-order valence-electron chi connectivity index (χ1n) is 8.58. The minimum absolute atomic E-state index is 0.0123. The van der Waals surface area contributed by atoms with E-state index in [0.717, 1.165) is 10.4 Å². The quantitative estimate of drug-likeness (QED) is 0.612. The van der Waals surface area contributed by atoms with Crippen molar-refractivity contribution in [2.45, 2.75) is 12.7 Å². The topological polar surface area (TPSA) is 97.4 Å². The van der Waals surface area contributed by atoms with E-state index in [1.54, 1.807) is 36.4 Å². The van der Waals surface area contributed by atoms with Gasteiger partial charge >= 0.3 is 0 Å². The minimum atomic E-state index is -3.63. The van der Waals surface area contributed by atoms with Crippen molar-refractivity contribution in [3.05, 3.63) is 57.9 Å². The summed E-state index contributed by atoms with van der Waals surface area (Å²) < 4.78 is 32.9. The molecule has 1 aliphatic heterocycles. The van der Waals surface area contributed by atoms with Gasteiger partial charge in [0.1, 0.15) is 5.75 Å². The third-order valence-electron chi connectivity index (χ3n) is 4.20. The number of nitrogens with zero attached hydrogens (tertiary/aromatic N) is 1. The largest absolute Gasteiger partial charge is 0.482 e. The van der Waals surface area contributed by atoms with Gasteiger partial charge in [0.05, 0.1) is 17.1 Å². The van der Waals surface area contributed by atoms with Crippen molar-refractivity contribution in [3.8, 4) is 17.0 Å². The summed E-state index contributed by atoms with van der Waals surface area (Å²) in [7, 11) is -3.63. The van der Waals surface area contributed by atoms with Gasteiger partial charge in [-0.25, -0.2) is 13.4 Å². The van der Waals surface area contributed by atoms with Crippen molar-refractivity contribution < 1.29 is 17.9 Å². The number of aromatic nitrogens is 1. The van der Waals surface area contributed by atoms with Gasteiger partial charge in [0.25, 0.3) is 5.91 Å². The maximum atomic E-state index is 12.5. The second-order valence-corrected chi connectivity index (χ2v) is 9.82. The highest BCUT2D eigenvalue weighted by molar-refractivity contribution is 7.92. The van der Waals surface area contributed by atoms with Crippen LogP contribution in [0.15, 0.2) is 42.5 Å². The van der Waals surface area contributed by atoms with Crippen LogP contribution in [0.2, 0.25) is 5.02 Å². The predicted octanol–water partition coefficient (Wildman–Crippen LogP) is 4.04. The Balaban J connectivity index is 1.56. The van der Waals surface area contributed by atoms with Gasteiger partial charge in [0, 0.05) is 15.5 Å². The second kappa shape index (κ2) is 7.66. The molecule has 10 heteroatoms. The first-order chi connectivity index (χ1) is 13.8. The van der Waals surface area contributed by atoms with Gasteiger partial charge in [0.2, 0.25) is 10.0 Å². The Hall–Kier alpha value is -2.62. The van der Waals surface area contributed by atoms with Crippen molar-refractivity contribution in [1.82, 2.24) is 4.98 Å². The number of carbonyl (C=O) groups excluding carboxylic acids is 1. The fourth-order valence-corrected chi connectivity index (χ4v) is 5.28. The number of rotatable bonds is 5. The van der Waals surface area contributed by atoms with E-state index >= 15 is 0 Å². The zero-order chi connectivity index (χ0) is 20.6. The number of thiazole rings is 1. The van der Waals surface area contributed by atoms with Gasteiger partial charge in [-0.15, -0.1) is 11.3 Å². The van der Waals surface area contributed by atoms with Crippen LogP contribution in [0.25, 0.3) is 11.3 Å². The number of benzene rings is 2.